The molecule has 0 spiro atoms. The molecule has 203 valence electrons. The fraction of sp³-hybridized carbons (Fsp3) is 0.778. The van der Waals surface area contributed by atoms with Gasteiger partial charge in [0.25, 0.3) is 0 Å². The third-order valence-electron chi connectivity index (χ3n) is 4.22. The van der Waals surface area contributed by atoms with E-state index in [2.05, 4.69) is 4.90 Å². The van der Waals surface area contributed by atoms with Gasteiger partial charge in [-0.05, 0) is 37.1 Å². The van der Waals surface area contributed by atoms with Crippen molar-refractivity contribution in [3.63, 3.8) is 0 Å². The van der Waals surface area contributed by atoms with Crippen LogP contribution in [0.15, 0.2) is 23.7 Å². The molecule has 0 saturated heterocycles. The van der Waals surface area contributed by atoms with Crippen LogP contribution >= 0.6 is 0 Å². The second-order valence-electron chi connectivity index (χ2n) is 12.5. The summed E-state index contributed by atoms with van der Waals surface area (Å²) in [5.41, 5.74) is -1.83. The number of hydrogen-bond acceptors (Lipinski definition) is 6. The molecule has 0 aromatic carbocycles. The van der Waals surface area contributed by atoms with Crippen molar-refractivity contribution < 1.29 is 41.0 Å². The first-order chi connectivity index (χ1) is 14.4. The summed E-state index contributed by atoms with van der Waals surface area (Å²) in [4.78, 5) is 25.0. The largest absolute Gasteiger partial charge is 3.00 e. The summed E-state index contributed by atoms with van der Waals surface area (Å²) in [5, 5.41) is 22.9. The number of likely N-dealkylation sites (N-methyl/N-ethyl adjacent to an activating group) is 1. The van der Waals surface area contributed by atoms with Crippen molar-refractivity contribution in [3.8, 4) is 0 Å². The molecule has 0 saturated carbocycles. The quantitative estimate of drug-likeness (QED) is 0.305. The van der Waals surface area contributed by atoms with Crippen LogP contribution in [-0.2, 0) is 30.8 Å². The summed E-state index contributed by atoms with van der Waals surface area (Å²) >= 11 is 0. The van der Waals surface area contributed by atoms with Crippen LogP contribution < -0.4 is 10.2 Å². The minimum absolute atomic E-state index is 0. The zero-order valence-electron chi connectivity index (χ0n) is 24.4. The molecule has 0 aliphatic heterocycles. The van der Waals surface area contributed by atoms with E-state index in [0.29, 0.717) is 0 Å². The summed E-state index contributed by atoms with van der Waals surface area (Å²) in [7, 11) is 5.77. The molecule has 0 aliphatic carbocycles. The predicted octanol–water partition coefficient (Wildman–Crippen LogP) is 3.98. The van der Waals surface area contributed by atoms with Gasteiger partial charge in [0.15, 0.2) is 11.6 Å². The molecule has 0 atom stereocenters. The second kappa shape index (κ2) is 16.5. The van der Waals surface area contributed by atoms with Gasteiger partial charge in [-0.2, -0.15) is 0 Å². The molecule has 6 nitrogen and oxygen atoms in total. The minimum Gasteiger partial charge on any atom is -0.875 e. The van der Waals surface area contributed by atoms with Crippen molar-refractivity contribution in [1.82, 2.24) is 4.90 Å². The molecule has 0 aromatic rings. The van der Waals surface area contributed by atoms with Gasteiger partial charge in [0.2, 0.25) is 0 Å². The second-order valence-corrected chi connectivity index (χ2v) is 12.5. The molecular formula is C27H51NNiO5+. The summed E-state index contributed by atoms with van der Waals surface area (Å²) in [6.07, 6.45) is 2.44. The van der Waals surface area contributed by atoms with Crippen LogP contribution in [0, 0.1) is 21.7 Å². The first-order valence-electron chi connectivity index (χ1n) is 11.4. The molecule has 0 N–H and O–H groups in total. The number of methoxy groups -OCH3 is 1. The van der Waals surface area contributed by atoms with E-state index < -0.39 is 21.7 Å². The van der Waals surface area contributed by atoms with E-state index in [1.807, 2.05) is 97.2 Å². The summed E-state index contributed by atoms with van der Waals surface area (Å²) in [5.74, 6) is -0.417. The normalized spacial score (nSPS) is 13.2. The van der Waals surface area contributed by atoms with E-state index in [1.54, 1.807) is 7.11 Å². The maximum atomic E-state index is 11.4. The molecule has 0 amide bonds. The van der Waals surface area contributed by atoms with Crippen molar-refractivity contribution in [2.45, 2.75) is 83.1 Å². The molecule has 7 heteroatoms. The van der Waals surface area contributed by atoms with Crippen molar-refractivity contribution >= 4 is 11.6 Å². The molecule has 0 fully saturated rings. The SMILES string of the molecule is CC(C)(C)C(=O)/C=C(\[O-])C(C)(C)C.CC(C)(C)C(=O)/C=C(\[O-])C(C)(C)C.COCCN(C)C.[Ni+3]. The van der Waals surface area contributed by atoms with Crippen molar-refractivity contribution in [2.24, 2.45) is 21.7 Å². The van der Waals surface area contributed by atoms with Gasteiger partial charge in [-0.3, -0.25) is 9.59 Å². The zero-order chi connectivity index (χ0) is 27.4. The Morgan fingerprint density at radius 1 is 0.676 bits per heavy atom. The third-order valence-corrected chi connectivity index (χ3v) is 4.22. The molecule has 0 bridgehead atoms. The van der Waals surface area contributed by atoms with Crippen LogP contribution in [0.25, 0.3) is 0 Å². The van der Waals surface area contributed by atoms with Crippen LogP contribution in [0.3, 0.4) is 0 Å². The van der Waals surface area contributed by atoms with Gasteiger partial charge in [0.1, 0.15) is 0 Å². The first-order valence-corrected chi connectivity index (χ1v) is 11.4. The van der Waals surface area contributed by atoms with E-state index >= 15 is 0 Å². The number of allylic oxidation sites excluding steroid dienone is 4. The third kappa shape index (κ3) is 22.6. The monoisotopic (exact) mass is 527 g/mol. The Balaban J connectivity index is -0.000000205. The molecule has 0 unspecified atom stereocenters. The summed E-state index contributed by atoms with van der Waals surface area (Å²) < 4.78 is 4.81. The van der Waals surface area contributed by atoms with E-state index in [9.17, 15) is 19.8 Å². The molecule has 0 rings (SSSR count). The van der Waals surface area contributed by atoms with Gasteiger partial charge in [0, 0.05) is 24.5 Å². The van der Waals surface area contributed by atoms with Gasteiger partial charge in [0.05, 0.1) is 6.61 Å². The van der Waals surface area contributed by atoms with Gasteiger partial charge >= 0.3 is 16.5 Å². The average Bonchev–Trinajstić information content (AvgIpc) is 2.57. The molecular weight excluding hydrogens is 477 g/mol. The minimum atomic E-state index is -0.457. The van der Waals surface area contributed by atoms with Crippen LogP contribution in [0.4, 0.5) is 0 Å². The Morgan fingerprint density at radius 2 is 0.941 bits per heavy atom. The number of carbonyl (C=O) groups is 2. The Bertz CT molecular complexity index is 600. The summed E-state index contributed by atoms with van der Waals surface area (Å²) in [6.45, 7) is 23.5. The molecule has 34 heavy (non-hydrogen) atoms. The Morgan fingerprint density at radius 3 is 1.06 bits per heavy atom. The number of ketones is 2. The average molecular weight is 528 g/mol. The standard InChI is InChI=1S/2C11H20O2.C5H13NO.Ni/c2*1-10(2,3)8(12)7-9(13)11(4,5)6;1-6(2)4-5-7-3;/h2*7,12H,1-6H3;4-5H2,1-3H3;/q;;;+3/p-2/b2*8-7-;;. The van der Waals surface area contributed by atoms with Crippen molar-refractivity contribution in [1.29, 1.82) is 0 Å². The van der Waals surface area contributed by atoms with Crippen LogP contribution in [0.1, 0.15) is 83.1 Å². The number of rotatable bonds is 5. The van der Waals surface area contributed by atoms with E-state index in [1.165, 1.54) is 12.2 Å². The van der Waals surface area contributed by atoms with Crippen LogP contribution in [-0.4, -0.2) is 50.8 Å². The van der Waals surface area contributed by atoms with E-state index in [4.69, 9.17) is 4.74 Å². The Labute approximate surface area is 220 Å². The maximum absolute atomic E-state index is 11.4. The number of nitrogens with zero attached hydrogens (tertiary/aromatic N) is 1. The molecule has 0 aromatic heterocycles. The molecule has 0 aliphatic rings. The Kier molecular flexibility index (Phi) is 19.4. The van der Waals surface area contributed by atoms with Crippen molar-refractivity contribution in [3.05, 3.63) is 23.7 Å². The van der Waals surface area contributed by atoms with Gasteiger partial charge < -0.3 is 19.8 Å². The number of ether oxygens (including phenoxy) is 1. The first kappa shape index (κ1) is 40.0. The van der Waals surface area contributed by atoms with Gasteiger partial charge in [-0.1, -0.05) is 83.1 Å². The molecule has 0 heterocycles. The summed E-state index contributed by atoms with van der Waals surface area (Å²) in [6, 6.07) is 0. The molecule has 1 radical (unpaired) electrons. The van der Waals surface area contributed by atoms with Crippen LogP contribution in [0.2, 0.25) is 0 Å². The predicted molar refractivity (Wildman–Crippen MR) is 134 cm³/mol. The smallest absolute Gasteiger partial charge is 0.875 e. The van der Waals surface area contributed by atoms with E-state index in [-0.39, 0.29) is 39.6 Å². The zero-order valence-corrected chi connectivity index (χ0v) is 25.4. The topological polar surface area (TPSA) is 92.7 Å². The van der Waals surface area contributed by atoms with Gasteiger partial charge in [-0.15, -0.1) is 11.5 Å². The van der Waals surface area contributed by atoms with Crippen molar-refractivity contribution in [2.75, 3.05) is 34.4 Å². The van der Waals surface area contributed by atoms with Crippen LogP contribution in [0.5, 0.6) is 0 Å². The number of hydrogen-bond donors (Lipinski definition) is 0. The van der Waals surface area contributed by atoms with Gasteiger partial charge in [-0.25, -0.2) is 0 Å². The fourth-order valence-electron chi connectivity index (χ4n) is 1.38. The maximum Gasteiger partial charge on any atom is 3.00 e. The van der Waals surface area contributed by atoms with E-state index in [0.717, 1.165) is 13.2 Å². The Hall–Kier alpha value is -1.17. The fourth-order valence-corrected chi connectivity index (χ4v) is 1.38. The number of carbonyl (C=O) groups excluding carboxylic acids is 2.